The Hall–Kier alpha value is -1.33. The van der Waals surface area contributed by atoms with E-state index in [1.807, 2.05) is 10.7 Å². The number of nitrogens with zero attached hydrogens (tertiary/aromatic N) is 3. The molecule has 2 aromatic rings. The van der Waals surface area contributed by atoms with E-state index < -0.39 is 0 Å². The number of hydrogen-bond donors (Lipinski definition) is 1. The number of pyridine rings is 1. The second kappa shape index (κ2) is 7.79. The van der Waals surface area contributed by atoms with Crippen molar-refractivity contribution in [2.45, 2.75) is 39.2 Å². The van der Waals surface area contributed by atoms with Crippen LogP contribution < -0.4 is 5.32 Å². The molecule has 5 nitrogen and oxygen atoms in total. The number of rotatable bonds is 8. The van der Waals surface area contributed by atoms with Crippen LogP contribution in [0.15, 0.2) is 12.3 Å². The molecule has 0 aliphatic carbocycles. The first-order valence-corrected chi connectivity index (χ1v) is 8.33. The van der Waals surface area contributed by atoms with Gasteiger partial charge in [0.2, 0.25) is 0 Å². The van der Waals surface area contributed by atoms with Gasteiger partial charge in [-0.2, -0.15) is 5.10 Å². The number of carbonyl (C=O) groups excluding carboxylic acids is 1. The summed E-state index contributed by atoms with van der Waals surface area (Å²) in [5.74, 6) is 0.915. The molecule has 0 saturated carbocycles. The smallest absolute Gasteiger partial charge is 0.157 e. The van der Waals surface area contributed by atoms with Crippen molar-refractivity contribution in [2.75, 3.05) is 17.7 Å². The molecule has 0 radical (unpaired) electrons. The van der Waals surface area contributed by atoms with Gasteiger partial charge in [-0.15, -0.1) is 11.6 Å². The lowest BCUT2D eigenvalue weighted by molar-refractivity contribution is -0.116. The summed E-state index contributed by atoms with van der Waals surface area (Å²) in [6.45, 7) is 4.90. The van der Waals surface area contributed by atoms with E-state index in [2.05, 4.69) is 29.2 Å². The number of alkyl halides is 1. The Morgan fingerprint density at radius 3 is 2.95 bits per heavy atom. The molecule has 0 aromatic carbocycles. The molecule has 0 saturated heterocycles. The number of nitrogens with one attached hydrogen (secondary N) is 1. The van der Waals surface area contributed by atoms with E-state index in [-0.39, 0.29) is 17.7 Å². The van der Waals surface area contributed by atoms with E-state index in [1.54, 1.807) is 6.20 Å². The lowest BCUT2D eigenvalue weighted by Crippen LogP contribution is -2.08. The Kier molecular flexibility index (Phi) is 6.03. The highest BCUT2D eigenvalue weighted by molar-refractivity contribution is 6.30. The molecule has 0 fully saturated rings. The monoisotopic (exact) mass is 342 g/mol. The Morgan fingerprint density at radius 2 is 2.27 bits per heavy atom. The molecule has 0 bridgehead atoms. The van der Waals surface area contributed by atoms with Crippen molar-refractivity contribution in [3.63, 3.8) is 0 Å². The fraction of sp³-hybridized carbons (Fsp3) is 0.533. The minimum Gasteiger partial charge on any atom is -0.368 e. The fourth-order valence-electron chi connectivity index (χ4n) is 2.21. The maximum Gasteiger partial charge on any atom is 0.157 e. The van der Waals surface area contributed by atoms with Crippen LogP contribution in [0.2, 0.25) is 5.15 Å². The summed E-state index contributed by atoms with van der Waals surface area (Å²) in [6.07, 6.45) is 3.91. The largest absolute Gasteiger partial charge is 0.368 e. The highest BCUT2D eigenvalue weighted by Crippen LogP contribution is 2.27. The number of ketones is 1. The van der Waals surface area contributed by atoms with Gasteiger partial charge in [-0.25, -0.2) is 4.98 Å². The van der Waals surface area contributed by atoms with Crippen LogP contribution in [0.5, 0.6) is 0 Å². The number of fused-ring (bicyclic) bond motifs is 1. The minimum atomic E-state index is 0.0620. The first kappa shape index (κ1) is 17.0. The molecule has 0 spiro atoms. The molecule has 0 aliphatic heterocycles. The van der Waals surface area contributed by atoms with Crippen molar-refractivity contribution in [1.82, 2.24) is 14.8 Å². The summed E-state index contributed by atoms with van der Waals surface area (Å²) in [7, 11) is 0. The Morgan fingerprint density at radius 1 is 1.50 bits per heavy atom. The van der Waals surface area contributed by atoms with E-state index in [4.69, 9.17) is 23.2 Å². The zero-order chi connectivity index (χ0) is 16.1. The average molecular weight is 343 g/mol. The number of aromatic nitrogens is 3. The van der Waals surface area contributed by atoms with Crippen molar-refractivity contribution < 1.29 is 4.79 Å². The van der Waals surface area contributed by atoms with E-state index >= 15 is 0 Å². The van der Waals surface area contributed by atoms with Gasteiger partial charge in [-0.05, 0) is 19.8 Å². The number of halogens is 2. The van der Waals surface area contributed by atoms with Gasteiger partial charge >= 0.3 is 0 Å². The molecule has 120 valence electrons. The molecule has 22 heavy (non-hydrogen) atoms. The minimum absolute atomic E-state index is 0.0620. The SMILES string of the molecule is CCC(C)n1nc(NCCCC(=O)CCl)c2cnc(Cl)cc21. The van der Waals surface area contributed by atoms with E-state index in [0.29, 0.717) is 18.1 Å². The average Bonchev–Trinajstić information content (AvgIpc) is 2.88. The summed E-state index contributed by atoms with van der Waals surface area (Å²) in [5, 5.41) is 9.30. The van der Waals surface area contributed by atoms with Crippen molar-refractivity contribution in [3.05, 3.63) is 17.4 Å². The van der Waals surface area contributed by atoms with Gasteiger partial charge in [0, 0.05) is 31.3 Å². The zero-order valence-corrected chi connectivity index (χ0v) is 14.3. The van der Waals surface area contributed by atoms with Gasteiger partial charge in [-0.1, -0.05) is 18.5 Å². The van der Waals surface area contributed by atoms with Crippen LogP contribution in [0.4, 0.5) is 5.82 Å². The molecular formula is C15H20Cl2N4O. The quantitative estimate of drug-likeness (QED) is 0.446. The van der Waals surface area contributed by atoms with Crippen LogP contribution >= 0.6 is 23.2 Å². The predicted octanol–water partition coefficient (Wildman–Crippen LogP) is 4.06. The second-order valence-electron chi connectivity index (χ2n) is 5.28. The van der Waals surface area contributed by atoms with Crippen LogP contribution in [-0.2, 0) is 4.79 Å². The summed E-state index contributed by atoms with van der Waals surface area (Å²) in [4.78, 5) is 15.3. The van der Waals surface area contributed by atoms with Gasteiger partial charge in [0.15, 0.2) is 5.82 Å². The van der Waals surface area contributed by atoms with E-state index in [0.717, 1.165) is 29.6 Å². The van der Waals surface area contributed by atoms with E-state index in [1.165, 1.54) is 0 Å². The van der Waals surface area contributed by atoms with E-state index in [9.17, 15) is 4.79 Å². The predicted molar refractivity (Wildman–Crippen MR) is 91.0 cm³/mol. The molecule has 2 heterocycles. The third kappa shape index (κ3) is 3.90. The lowest BCUT2D eigenvalue weighted by atomic mass is 10.2. The van der Waals surface area contributed by atoms with Crippen LogP contribution in [0.1, 0.15) is 39.2 Å². The Balaban J connectivity index is 2.17. The van der Waals surface area contributed by atoms with Gasteiger partial charge in [0.05, 0.1) is 16.8 Å². The molecule has 1 N–H and O–H groups in total. The second-order valence-corrected chi connectivity index (χ2v) is 5.93. The molecule has 1 atom stereocenters. The zero-order valence-electron chi connectivity index (χ0n) is 12.8. The number of carbonyl (C=O) groups is 1. The maximum absolute atomic E-state index is 11.2. The van der Waals surface area contributed by atoms with Crippen molar-refractivity contribution in [3.8, 4) is 0 Å². The number of anilines is 1. The van der Waals surface area contributed by atoms with Gasteiger partial charge in [-0.3, -0.25) is 9.48 Å². The molecule has 0 aliphatic rings. The molecule has 2 aromatic heterocycles. The summed E-state index contributed by atoms with van der Waals surface area (Å²) in [5.41, 5.74) is 0.966. The summed E-state index contributed by atoms with van der Waals surface area (Å²) < 4.78 is 1.97. The standard InChI is InChI=1S/C15H20Cl2N4O/c1-3-10(2)21-13-7-14(17)19-9-12(13)15(20-21)18-6-4-5-11(22)8-16/h7,9-10H,3-6,8H2,1-2H3,(H,18,20). The molecule has 2 rings (SSSR count). The number of hydrogen-bond acceptors (Lipinski definition) is 4. The normalized spacial score (nSPS) is 12.5. The highest BCUT2D eigenvalue weighted by atomic mass is 35.5. The molecule has 7 heteroatoms. The van der Waals surface area contributed by atoms with Crippen molar-refractivity contribution >= 4 is 45.7 Å². The molecular weight excluding hydrogens is 323 g/mol. The Bertz CT molecular complexity index is 656. The fourth-order valence-corrected chi connectivity index (χ4v) is 2.49. The molecule has 1 unspecified atom stereocenters. The van der Waals surface area contributed by atoms with Crippen LogP contribution in [0.3, 0.4) is 0 Å². The van der Waals surface area contributed by atoms with Crippen LogP contribution in [0, 0.1) is 0 Å². The first-order chi connectivity index (χ1) is 10.6. The van der Waals surface area contributed by atoms with Crippen molar-refractivity contribution in [1.29, 1.82) is 0 Å². The van der Waals surface area contributed by atoms with Crippen LogP contribution in [-0.4, -0.2) is 33.0 Å². The third-order valence-corrected chi connectivity index (χ3v) is 4.15. The van der Waals surface area contributed by atoms with Gasteiger partial charge < -0.3 is 5.32 Å². The Labute approximate surface area is 140 Å². The topological polar surface area (TPSA) is 59.8 Å². The van der Waals surface area contributed by atoms with Gasteiger partial charge in [0.1, 0.15) is 10.9 Å². The maximum atomic E-state index is 11.2. The number of Topliss-reactive ketones (excluding diaryl/α,β-unsaturated/α-hetero) is 1. The first-order valence-electron chi connectivity index (χ1n) is 7.42. The van der Waals surface area contributed by atoms with Crippen LogP contribution in [0.25, 0.3) is 10.9 Å². The lowest BCUT2D eigenvalue weighted by Gasteiger charge is -2.10. The van der Waals surface area contributed by atoms with Gasteiger partial charge in [0.25, 0.3) is 0 Å². The highest BCUT2D eigenvalue weighted by Gasteiger charge is 2.14. The third-order valence-electron chi connectivity index (χ3n) is 3.64. The summed E-state index contributed by atoms with van der Waals surface area (Å²) in [6, 6.07) is 2.10. The summed E-state index contributed by atoms with van der Waals surface area (Å²) >= 11 is 11.5. The van der Waals surface area contributed by atoms with Crippen molar-refractivity contribution in [2.24, 2.45) is 0 Å². The molecule has 0 amide bonds.